The number of nitrogens with zero attached hydrogens (tertiary/aromatic N) is 3. The zero-order valence-electron chi connectivity index (χ0n) is 11.0. The zero-order valence-corrected chi connectivity index (χ0v) is 11.0. The van der Waals surface area contributed by atoms with Crippen LogP contribution >= 0.6 is 0 Å². The molecule has 2 aromatic heterocycles. The molecule has 3 aromatic rings. The van der Waals surface area contributed by atoms with Gasteiger partial charge >= 0.3 is 0 Å². The van der Waals surface area contributed by atoms with Gasteiger partial charge in [0.25, 0.3) is 11.3 Å². The standard InChI is InChI=1S/C13H13N5O2/c1-7-5-11(19)18-13(15-7)16-12(17-18)8-3-4-10(20-2)9(14)6-8/h3-6H,14H2,1-2H3,(H,15,16,17). The van der Waals surface area contributed by atoms with Gasteiger partial charge in [-0.25, -0.2) is 4.98 Å². The van der Waals surface area contributed by atoms with Crippen LogP contribution in [0.5, 0.6) is 5.75 Å². The Morgan fingerprint density at radius 1 is 1.30 bits per heavy atom. The van der Waals surface area contributed by atoms with Crippen LogP contribution in [0.15, 0.2) is 29.1 Å². The van der Waals surface area contributed by atoms with Crippen molar-refractivity contribution in [2.24, 2.45) is 0 Å². The summed E-state index contributed by atoms with van der Waals surface area (Å²) in [7, 11) is 1.55. The number of hydrogen-bond donors (Lipinski definition) is 2. The number of nitrogens with two attached hydrogens (primary N) is 1. The van der Waals surface area contributed by atoms with E-state index in [1.165, 1.54) is 10.6 Å². The number of rotatable bonds is 2. The van der Waals surface area contributed by atoms with Crippen LogP contribution in [0.2, 0.25) is 0 Å². The van der Waals surface area contributed by atoms with E-state index in [0.717, 1.165) is 5.56 Å². The van der Waals surface area contributed by atoms with Gasteiger partial charge in [-0.1, -0.05) is 0 Å². The van der Waals surface area contributed by atoms with Gasteiger partial charge in [0.2, 0.25) is 0 Å². The molecule has 20 heavy (non-hydrogen) atoms. The second-order valence-electron chi connectivity index (χ2n) is 4.40. The fourth-order valence-corrected chi connectivity index (χ4v) is 2.00. The molecular weight excluding hydrogens is 258 g/mol. The Morgan fingerprint density at radius 2 is 2.10 bits per heavy atom. The normalized spacial score (nSPS) is 10.9. The lowest BCUT2D eigenvalue weighted by Crippen LogP contribution is -2.14. The molecule has 7 nitrogen and oxygen atoms in total. The summed E-state index contributed by atoms with van der Waals surface area (Å²) < 4.78 is 6.40. The second-order valence-corrected chi connectivity index (χ2v) is 4.40. The third kappa shape index (κ3) is 1.89. The monoisotopic (exact) mass is 271 g/mol. The van der Waals surface area contributed by atoms with Gasteiger partial charge in [0, 0.05) is 17.3 Å². The van der Waals surface area contributed by atoms with Crippen LogP contribution in [0.25, 0.3) is 17.2 Å². The van der Waals surface area contributed by atoms with E-state index < -0.39 is 0 Å². The van der Waals surface area contributed by atoms with E-state index in [-0.39, 0.29) is 5.56 Å². The fourth-order valence-electron chi connectivity index (χ4n) is 2.00. The Morgan fingerprint density at radius 3 is 2.80 bits per heavy atom. The lowest BCUT2D eigenvalue weighted by molar-refractivity contribution is 0.417. The molecule has 0 bridgehead atoms. The first kappa shape index (κ1) is 12.2. The van der Waals surface area contributed by atoms with Crippen molar-refractivity contribution in [3.8, 4) is 17.1 Å². The summed E-state index contributed by atoms with van der Waals surface area (Å²) in [5.41, 5.74) is 7.55. The van der Waals surface area contributed by atoms with Crippen molar-refractivity contribution in [3.05, 3.63) is 40.3 Å². The first-order valence-corrected chi connectivity index (χ1v) is 5.99. The van der Waals surface area contributed by atoms with Gasteiger partial charge in [0.05, 0.1) is 12.8 Å². The number of ether oxygens (including phenoxy) is 1. The molecule has 0 unspecified atom stereocenters. The molecule has 0 spiro atoms. The molecule has 0 radical (unpaired) electrons. The number of nitrogens with one attached hydrogen (secondary N) is 1. The van der Waals surface area contributed by atoms with Gasteiger partial charge in [-0.15, -0.1) is 0 Å². The largest absolute Gasteiger partial charge is 0.495 e. The summed E-state index contributed by atoms with van der Waals surface area (Å²) in [6, 6.07) is 6.73. The number of H-pyrrole nitrogens is 1. The molecule has 0 aliphatic heterocycles. The smallest absolute Gasteiger partial charge is 0.274 e. The molecule has 102 valence electrons. The number of aromatic amines is 1. The topological polar surface area (TPSA) is 98.3 Å². The highest BCUT2D eigenvalue weighted by molar-refractivity contribution is 5.66. The first-order valence-electron chi connectivity index (χ1n) is 5.99. The molecule has 0 aliphatic carbocycles. The SMILES string of the molecule is COc1ccc(-c2nc3nc(C)cc(=O)n3[nH]2)cc1N. The zero-order chi connectivity index (χ0) is 14.3. The summed E-state index contributed by atoms with van der Waals surface area (Å²) >= 11 is 0. The number of anilines is 1. The Balaban J connectivity index is 2.17. The molecule has 0 saturated heterocycles. The van der Waals surface area contributed by atoms with Crippen molar-refractivity contribution in [2.45, 2.75) is 6.92 Å². The first-order chi connectivity index (χ1) is 9.58. The molecule has 2 heterocycles. The van der Waals surface area contributed by atoms with Crippen molar-refractivity contribution >= 4 is 11.5 Å². The van der Waals surface area contributed by atoms with E-state index in [4.69, 9.17) is 10.5 Å². The van der Waals surface area contributed by atoms with Crippen LogP contribution < -0.4 is 16.0 Å². The minimum absolute atomic E-state index is 0.201. The number of nitrogen functional groups attached to an aromatic ring is 1. The molecule has 1 aromatic carbocycles. The predicted molar refractivity (Wildman–Crippen MR) is 74.7 cm³/mol. The number of hydrogen-bond acceptors (Lipinski definition) is 5. The number of benzene rings is 1. The highest BCUT2D eigenvalue weighted by Gasteiger charge is 2.10. The van der Waals surface area contributed by atoms with Crippen molar-refractivity contribution < 1.29 is 4.74 Å². The van der Waals surface area contributed by atoms with Crippen LogP contribution in [0.1, 0.15) is 5.69 Å². The number of methoxy groups -OCH3 is 1. The molecule has 0 amide bonds. The highest BCUT2D eigenvalue weighted by atomic mass is 16.5. The molecule has 0 aliphatic rings. The van der Waals surface area contributed by atoms with Crippen LogP contribution in [0.4, 0.5) is 5.69 Å². The third-order valence-electron chi connectivity index (χ3n) is 2.96. The second kappa shape index (κ2) is 4.37. The average molecular weight is 271 g/mol. The van der Waals surface area contributed by atoms with Gasteiger partial charge in [-0.3, -0.25) is 9.89 Å². The van der Waals surface area contributed by atoms with E-state index in [9.17, 15) is 4.79 Å². The van der Waals surface area contributed by atoms with Gasteiger partial charge in [0.15, 0.2) is 5.82 Å². The van der Waals surface area contributed by atoms with Crippen molar-refractivity contribution in [1.29, 1.82) is 0 Å². The Kier molecular flexibility index (Phi) is 2.67. The maximum Gasteiger partial charge on any atom is 0.274 e. The molecule has 0 saturated carbocycles. The number of aromatic nitrogens is 4. The molecule has 0 atom stereocenters. The summed E-state index contributed by atoms with van der Waals surface area (Å²) in [6.45, 7) is 1.75. The summed E-state index contributed by atoms with van der Waals surface area (Å²) in [5.74, 6) is 1.45. The van der Waals surface area contributed by atoms with Crippen molar-refractivity contribution in [1.82, 2.24) is 19.6 Å². The Labute approximate surface area is 114 Å². The van der Waals surface area contributed by atoms with Crippen LogP contribution in [-0.4, -0.2) is 26.7 Å². The third-order valence-corrected chi connectivity index (χ3v) is 2.96. The summed E-state index contributed by atoms with van der Waals surface area (Å²) in [5, 5.41) is 2.91. The fraction of sp³-hybridized carbons (Fsp3) is 0.154. The molecule has 3 N–H and O–H groups in total. The van der Waals surface area contributed by atoms with Crippen LogP contribution in [0.3, 0.4) is 0 Å². The lowest BCUT2D eigenvalue weighted by atomic mass is 10.2. The van der Waals surface area contributed by atoms with Crippen LogP contribution in [-0.2, 0) is 0 Å². The van der Waals surface area contributed by atoms with Gasteiger partial charge in [-0.05, 0) is 25.1 Å². The summed E-state index contributed by atoms with van der Waals surface area (Å²) in [4.78, 5) is 20.3. The van der Waals surface area contributed by atoms with E-state index in [1.807, 2.05) is 6.07 Å². The minimum Gasteiger partial charge on any atom is -0.495 e. The molecular formula is C13H13N5O2. The molecule has 3 rings (SSSR count). The van der Waals surface area contributed by atoms with E-state index in [2.05, 4.69) is 15.1 Å². The lowest BCUT2D eigenvalue weighted by Gasteiger charge is -2.04. The maximum absolute atomic E-state index is 11.8. The quantitative estimate of drug-likeness (QED) is 0.677. The predicted octanol–water partition coefficient (Wildman–Crippen LogP) is 0.984. The number of fused-ring (bicyclic) bond motifs is 1. The van der Waals surface area contributed by atoms with Gasteiger partial charge in [-0.2, -0.15) is 9.50 Å². The Bertz CT molecular complexity index is 850. The van der Waals surface area contributed by atoms with Crippen LogP contribution in [0, 0.1) is 6.92 Å². The van der Waals surface area contributed by atoms with E-state index >= 15 is 0 Å². The Hall–Kier alpha value is -2.83. The highest BCUT2D eigenvalue weighted by Crippen LogP contribution is 2.26. The molecule has 7 heteroatoms. The van der Waals surface area contributed by atoms with Crippen molar-refractivity contribution in [3.63, 3.8) is 0 Å². The van der Waals surface area contributed by atoms with E-state index in [1.54, 1.807) is 26.2 Å². The average Bonchev–Trinajstić information content (AvgIpc) is 2.82. The maximum atomic E-state index is 11.8. The molecule has 0 fully saturated rings. The van der Waals surface area contributed by atoms with E-state index in [0.29, 0.717) is 28.7 Å². The van der Waals surface area contributed by atoms with Crippen molar-refractivity contribution in [2.75, 3.05) is 12.8 Å². The number of aryl methyl sites for hydroxylation is 1. The van der Waals surface area contributed by atoms with Gasteiger partial charge in [0.1, 0.15) is 5.75 Å². The minimum atomic E-state index is -0.201. The van der Waals surface area contributed by atoms with Gasteiger partial charge < -0.3 is 10.5 Å². The summed E-state index contributed by atoms with van der Waals surface area (Å²) in [6.07, 6.45) is 0.